The normalized spacial score (nSPS) is 11.5. The van der Waals surface area contributed by atoms with Gasteiger partial charge in [0.05, 0.1) is 27.8 Å². The number of nitrogens with two attached hydrogens (primary N) is 1. The molecule has 0 atom stereocenters. The Balaban J connectivity index is 0.00000202. The number of aromatic nitrogens is 2. The van der Waals surface area contributed by atoms with E-state index in [1.54, 1.807) is 12.5 Å². The molecule has 0 bridgehead atoms. The Morgan fingerprint density at radius 3 is 1.66 bits per heavy atom. The first kappa shape index (κ1) is 35.0. The predicted molar refractivity (Wildman–Crippen MR) is 243 cm³/mol. The molecule has 0 unspecified atom stereocenters. The standard InChI is InChI=1S/C51H37N3.CH4S/c52-30-29-36-13-7-8-16-38(36)31-35-23-26-49(44(32-35)37-14-3-1-4-15-37)54-48-22-12-10-20-43(48)46-34-40(25-28-51(46)54)39-24-27-50-45(33-39)42-19-9-11-21-47(42)53(50)41-17-5-2-6-18-41;1-2/h1-30,32-34H,31,52H2;2H,1H3/b30-29-;. The minimum absolute atomic E-state index is 0.811. The minimum Gasteiger partial charge on any atom is -0.405 e. The predicted octanol–water partition coefficient (Wildman–Crippen LogP) is 13.3. The van der Waals surface area contributed by atoms with E-state index in [-0.39, 0.29) is 0 Å². The van der Waals surface area contributed by atoms with Gasteiger partial charge in [-0.3, -0.25) is 0 Å². The van der Waals surface area contributed by atoms with Crippen LogP contribution in [-0.2, 0) is 6.42 Å². The molecule has 0 saturated heterocycles. The lowest BCUT2D eigenvalue weighted by molar-refractivity contribution is 1.15. The van der Waals surface area contributed by atoms with Crippen LogP contribution in [-0.4, -0.2) is 15.4 Å². The van der Waals surface area contributed by atoms with Crippen LogP contribution < -0.4 is 5.73 Å². The Hall–Kier alpha value is -6.75. The van der Waals surface area contributed by atoms with Gasteiger partial charge < -0.3 is 14.9 Å². The molecule has 0 fully saturated rings. The summed E-state index contributed by atoms with van der Waals surface area (Å²) >= 11 is 3.53. The summed E-state index contributed by atoms with van der Waals surface area (Å²) in [5.74, 6) is 0. The van der Waals surface area contributed by atoms with Crippen LogP contribution in [0.25, 0.3) is 83.3 Å². The number of hydrogen-bond donors (Lipinski definition) is 2. The van der Waals surface area contributed by atoms with Gasteiger partial charge in [-0.1, -0.05) is 127 Å². The molecule has 10 aromatic rings. The second-order valence-electron chi connectivity index (χ2n) is 14.0. The molecule has 0 spiro atoms. The van der Waals surface area contributed by atoms with Gasteiger partial charge in [0.2, 0.25) is 0 Å². The van der Waals surface area contributed by atoms with Crippen LogP contribution >= 0.6 is 12.6 Å². The first-order valence-electron chi connectivity index (χ1n) is 19.0. The summed E-state index contributed by atoms with van der Waals surface area (Å²) in [7, 11) is 0. The molecule has 3 nitrogen and oxygen atoms in total. The Morgan fingerprint density at radius 2 is 1.00 bits per heavy atom. The average molecular weight is 740 g/mol. The van der Waals surface area contributed by atoms with Crippen LogP contribution in [0.5, 0.6) is 0 Å². The van der Waals surface area contributed by atoms with Crippen molar-refractivity contribution in [3.05, 3.63) is 211 Å². The molecule has 2 N–H and O–H groups in total. The van der Waals surface area contributed by atoms with Crippen molar-refractivity contribution in [2.75, 3.05) is 6.26 Å². The summed E-state index contributed by atoms with van der Waals surface area (Å²) in [6, 6.07) is 68.2. The lowest BCUT2D eigenvalue weighted by atomic mass is 9.95. The van der Waals surface area contributed by atoms with Gasteiger partial charge in [0.1, 0.15) is 0 Å². The zero-order chi connectivity index (χ0) is 38.0. The van der Waals surface area contributed by atoms with Crippen LogP contribution in [0.3, 0.4) is 0 Å². The Morgan fingerprint density at radius 1 is 0.464 bits per heavy atom. The van der Waals surface area contributed by atoms with Gasteiger partial charge in [0, 0.05) is 32.8 Å². The molecule has 270 valence electrons. The highest BCUT2D eigenvalue weighted by Crippen LogP contribution is 2.40. The minimum atomic E-state index is 0.811. The van der Waals surface area contributed by atoms with Crippen LogP contribution in [0, 0.1) is 0 Å². The van der Waals surface area contributed by atoms with Crippen molar-refractivity contribution in [2.24, 2.45) is 5.73 Å². The molecular weight excluding hydrogens is 699 g/mol. The molecule has 0 aliphatic rings. The fourth-order valence-electron chi connectivity index (χ4n) is 8.34. The molecule has 56 heavy (non-hydrogen) atoms. The van der Waals surface area contributed by atoms with Crippen LogP contribution in [0.1, 0.15) is 16.7 Å². The smallest absolute Gasteiger partial charge is 0.0541 e. The zero-order valence-corrected chi connectivity index (χ0v) is 32.1. The second-order valence-corrected chi connectivity index (χ2v) is 14.0. The molecular formula is C52H41N3S. The summed E-state index contributed by atoms with van der Waals surface area (Å²) < 4.78 is 4.82. The van der Waals surface area contributed by atoms with Gasteiger partial charge in [-0.2, -0.15) is 12.6 Å². The maximum atomic E-state index is 5.81. The maximum Gasteiger partial charge on any atom is 0.0541 e. The highest BCUT2D eigenvalue weighted by molar-refractivity contribution is 7.79. The van der Waals surface area contributed by atoms with E-state index in [9.17, 15) is 0 Å². The van der Waals surface area contributed by atoms with Crippen LogP contribution in [0.15, 0.2) is 194 Å². The van der Waals surface area contributed by atoms with Gasteiger partial charge in [-0.05, 0) is 119 Å². The van der Waals surface area contributed by atoms with E-state index in [1.807, 2.05) is 6.08 Å². The lowest BCUT2D eigenvalue weighted by Gasteiger charge is -2.16. The fourth-order valence-corrected chi connectivity index (χ4v) is 8.34. The van der Waals surface area contributed by atoms with E-state index in [0.717, 1.165) is 17.7 Å². The molecule has 0 aliphatic heterocycles. The molecule has 10 rings (SSSR count). The van der Waals surface area contributed by atoms with Crippen molar-refractivity contribution >= 4 is 62.3 Å². The van der Waals surface area contributed by atoms with Gasteiger partial charge >= 0.3 is 0 Å². The first-order valence-corrected chi connectivity index (χ1v) is 19.9. The molecule has 0 saturated carbocycles. The van der Waals surface area contributed by atoms with Gasteiger partial charge in [-0.15, -0.1) is 0 Å². The van der Waals surface area contributed by atoms with Crippen molar-refractivity contribution in [2.45, 2.75) is 6.42 Å². The summed E-state index contributed by atoms with van der Waals surface area (Å²) in [6.45, 7) is 0. The molecule has 4 heteroatoms. The number of thiol groups is 1. The van der Waals surface area contributed by atoms with Crippen molar-refractivity contribution in [1.82, 2.24) is 9.13 Å². The summed E-state index contributed by atoms with van der Waals surface area (Å²) in [4.78, 5) is 0. The highest BCUT2D eigenvalue weighted by Gasteiger charge is 2.18. The zero-order valence-electron chi connectivity index (χ0n) is 31.2. The van der Waals surface area contributed by atoms with Crippen molar-refractivity contribution < 1.29 is 0 Å². The quantitative estimate of drug-likeness (QED) is 0.157. The van der Waals surface area contributed by atoms with E-state index in [2.05, 4.69) is 210 Å². The molecule has 2 aromatic heterocycles. The van der Waals surface area contributed by atoms with E-state index in [4.69, 9.17) is 5.73 Å². The maximum absolute atomic E-state index is 5.81. The van der Waals surface area contributed by atoms with Gasteiger partial charge in [0.15, 0.2) is 0 Å². The van der Waals surface area contributed by atoms with Crippen molar-refractivity contribution in [1.29, 1.82) is 0 Å². The average Bonchev–Trinajstić information content (AvgIpc) is 3.78. The van der Waals surface area contributed by atoms with Crippen molar-refractivity contribution in [3.8, 4) is 33.6 Å². The summed E-state index contributed by atoms with van der Waals surface area (Å²) in [6.07, 6.45) is 6.11. The van der Waals surface area contributed by atoms with Gasteiger partial charge in [-0.25, -0.2) is 0 Å². The Bertz CT molecular complexity index is 3030. The summed E-state index contributed by atoms with van der Waals surface area (Å²) in [5.41, 5.74) is 21.4. The monoisotopic (exact) mass is 739 g/mol. The number of nitrogens with zero attached hydrogens (tertiary/aromatic N) is 2. The largest absolute Gasteiger partial charge is 0.405 e. The Labute approximate surface area is 333 Å². The number of benzene rings is 8. The molecule has 8 aromatic carbocycles. The highest BCUT2D eigenvalue weighted by atomic mass is 32.1. The molecule has 0 radical (unpaired) electrons. The number of hydrogen-bond acceptors (Lipinski definition) is 2. The van der Waals surface area contributed by atoms with Crippen molar-refractivity contribution in [3.63, 3.8) is 0 Å². The van der Waals surface area contributed by atoms with E-state index in [0.29, 0.717) is 0 Å². The third-order valence-electron chi connectivity index (χ3n) is 10.8. The fraction of sp³-hybridized carbons (Fsp3) is 0.0385. The molecule has 0 amide bonds. The van der Waals surface area contributed by atoms with Gasteiger partial charge in [0.25, 0.3) is 0 Å². The molecule has 2 heterocycles. The lowest BCUT2D eigenvalue weighted by Crippen LogP contribution is -2.00. The van der Waals surface area contributed by atoms with E-state index in [1.165, 1.54) is 82.7 Å². The molecule has 0 aliphatic carbocycles. The van der Waals surface area contributed by atoms with E-state index >= 15 is 0 Å². The number of para-hydroxylation sites is 3. The van der Waals surface area contributed by atoms with Crippen LogP contribution in [0.2, 0.25) is 0 Å². The topological polar surface area (TPSA) is 35.9 Å². The first-order chi connectivity index (χ1) is 27.7. The van der Waals surface area contributed by atoms with E-state index < -0.39 is 0 Å². The van der Waals surface area contributed by atoms with Crippen LogP contribution in [0.4, 0.5) is 0 Å². The Kier molecular flexibility index (Phi) is 9.48. The third kappa shape index (κ3) is 6.14. The SMILES string of the molecule is CS.N/C=C\c1ccccc1Cc1ccc(-n2c3ccccc3c3cc(-c4ccc5c(c4)c4ccccc4n5-c4ccccc4)ccc32)c(-c2ccccc2)c1. The number of rotatable bonds is 7. The summed E-state index contributed by atoms with van der Waals surface area (Å²) in [5, 5.41) is 4.98. The number of fused-ring (bicyclic) bond motifs is 6. The third-order valence-corrected chi connectivity index (χ3v) is 10.8. The second kappa shape index (κ2) is 15.2.